The third-order valence-corrected chi connectivity index (χ3v) is 3.41. The molecule has 0 saturated heterocycles. The van der Waals surface area contributed by atoms with E-state index < -0.39 is 23.8 Å². The van der Waals surface area contributed by atoms with Crippen LogP contribution in [0.2, 0.25) is 5.02 Å². The molecular formula is C17H15ClFNO4. The van der Waals surface area contributed by atoms with Gasteiger partial charge in [-0.05, 0) is 43.3 Å². The van der Waals surface area contributed by atoms with Gasteiger partial charge >= 0.3 is 5.97 Å². The average molecular weight is 352 g/mol. The lowest BCUT2D eigenvalue weighted by Gasteiger charge is -2.14. The van der Waals surface area contributed by atoms with E-state index in [4.69, 9.17) is 21.1 Å². The van der Waals surface area contributed by atoms with E-state index in [-0.39, 0.29) is 11.3 Å². The molecule has 2 rings (SSSR count). The molecule has 126 valence electrons. The smallest absolute Gasteiger partial charge is 0.341 e. The first kappa shape index (κ1) is 17.7. The lowest BCUT2D eigenvalue weighted by Crippen LogP contribution is -2.30. The Morgan fingerprint density at radius 2 is 1.83 bits per heavy atom. The molecule has 0 fully saturated rings. The number of halogens is 2. The summed E-state index contributed by atoms with van der Waals surface area (Å²) < 4.78 is 23.7. The number of hydrogen-bond acceptors (Lipinski definition) is 4. The van der Waals surface area contributed by atoms with E-state index in [0.29, 0.717) is 10.7 Å². The lowest BCUT2D eigenvalue weighted by molar-refractivity contribution is -0.123. The van der Waals surface area contributed by atoms with Crippen molar-refractivity contribution in [2.75, 3.05) is 12.4 Å². The zero-order valence-electron chi connectivity index (χ0n) is 13.0. The van der Waals surface area contributed by atoms with Gasteiger partial charge in [0.2, 0.25) is 0 Å². The number of rotatable bonds is 5. The number of anilines is 1. The second-order valence-electron chi connectivity index (χ2n) is 4.89. The minimum absolute atomic E-state index is 0.276. The average Bonchev–Trinajstić information content (AvgIpc) is 2.56. The SMILES string of the molecule is COc1ccc(C(=O)O[C@H](C)C(=O)Nc2ccc(Cl)cc2)c(F)c1. The summed E-state index contributed by atoms with van der Waals surface area (Å²) in [5, 5.41) is 3.10. The van der Waals surface area contributed by atoms with Gasteiger partial charge in [0.25, 0.3) is 5.91 Å². The van der Waals surface area contributed by atoms with Crippen molar-refractivity contribution in [3.8, 4) is 5.75 Å². The second kappa shape index (κ2) is 7.79. The number of nitrogens with one attached hydrogen (secondary N) is 1. The fourth-order valence-electron chi connectivity index (χ4n) is 1.84. The van der Waals surface area contributed by atoms with Crippen LogP contribution < -0.4 is 10.1 Å². The Morgan fingerprint density at radius 3 is 2.42 bits per heavy atom. The van der Waals surface area contributed by atoms with Gasteiger partial charge in [-0.15, -0.1) is 0 Å². The second-order valence-corrected chi connectivity index (χ2v) is 5.33. The summed E-state index contributed by atoms with van der Waals surface area (Å²) in [6, 6.07) is 10.2. The number of methoxy groups -OCH3 is 1. The standard InChI is InChI=1S/C17H15ClFNO4/c1-10(16(21)20-12-5-3-11(18)4-6-12)24-17(22)14-8-7-13(23-2)9-15(14)19/h3-10H,1-2H3,(H,20,21)/t10-/m1/s1. The third-order valence-electron chi connectivity index (χ3n) is 3.16. The molecule has 0 bridgehead atoms. The molecular weight excluding hydrogens is 337 g/mol. The fraction of sp³-hybridized carbons (Fsp3) is 0.176. The van der Waals surface area contributed by atoms with E-state index in [2.05, 4.69) is 5.32 Å². The molecule has 2 aromatic rings. The molecule has 0 spiro atoms. The van der Waals surface area contributed by atoms with Crippen molar-refractivity contribution in [1.82, 2.24) is 0 Å². The van der Waals surface area contributed by atoms with Gasteiger partial charge in [-0.25, -0.2) is 9.18 Å². The molecule has 0 aromatic heterocycles. The number of ether oxygens (including phenoxy) is 2. The summed E-state index contributed by atoms with van der Waals surface area (Å²) in [5.41, 5.74) is 0.227. The van der Waals surface area contributed by atoms with E-state index in [1.165, 1.54) is 26.2 Å². The van der Waals surface area contributed by atoms with E-state index >= 15 is 0 Å². The molecule has 0 aliphatic carbocycles. The third kappa shape index (κ3) is 4.45. The van der Waals surface area contributed by atoms with Gasteiger partial charge in [-0.3, -0.25) is 4.79 Å². The highest BCUT2D eigenvalue weighted by Gasteiger charge is 2.21. The quantitative estimate of drug-likeness (QED) is 0.835. The molecule has 2 aromatic carbocycles. The summed E-state index contributed by atoms with van der Waals surface area (Å²) in [5.74, 6) is -1.99. The maximum atomic E-state index is 13.8. The van der Waals surface area contributed by atoms with E-state index in [0.717, 1.165) is 6.07 Å². The Labute approximate surface area is 143 Å². The van der Waals surface area contributed by atoms with Gasteiger partial charge in [-0.1, -0.05) is 11.6 Å². The van der Waals surface area contributed by atoms with Crippen LogP contribution in [-0.4, -0.2) is 25.1 Å². The van der Waals surface area contributed by atoms with Crippen LogP contribution in [0.4, 0.5) is 10.1 Å². The van der Waals surface area contributed by atoms with Crippen LogP contribution in [0.1, 0.15) is 17.3 Å². The number of hydrogen-bond donors (Lipinski definition) is 1. The first-order chi connectivity index (χ1) is 11.4. The molecule has 0 radical (unpaired) electrons. The number of benzene rings is 2. The zero-order chi connectivity index (χ0) is 17.7. The molecule has 0 aliphatic rings. The van der Waals surface area contributed by atoms with Crippen LogP contribution in [0.25, 0.3) is 0 Å². The van der Waals surface area contributed by atoms with E-state index in [1.54, 1.807) is 24.3 Å². The fourth-order valence-corrected chi connectivity index (χ4v) is 1.97. The first-order valence-electron chi connectivity index (χ1n) is 7.01. The summed E-state index contributed by atoms with van der Waals surface area (Å²) >= 11 is 5.76. The van der Waals surface area contributed by atoms with Crippen molar-refractivity contribution < 1.29 is 23.5 Å². The van der Waals surface area contributed by atoms with Crippen LogP contribution in [0.3, 0.4) is 0 Å². The topological polar surface area (TPSA) is 64.6 Å². The van der Waals surface area contributed by atoms with Gasteiger partial charge < -0.3 is 14.8 Å². The van der Waals surface area contributed by atoms with Crippen molar-refractivity contribution in [2.45, 2.75) is 13.0 Å². The van der Waals surface area contributed by atoms with Crippen molar-refractivity contribution in [2.24, 2.45) is 0 Å². The highest BCUT2D eigenvalue weighted by molar-refractivity contribution is 6.30. The predicted molar refractivity (Wildman–Crippen MR) is 87.9 cm³/mol. The molecule has 0 aliphatic heterocycles. The normalized spacial score (nSPS) is 11.5. The zero-order valence-corrected chi connectivity index (χ0v) is 13.8. The molecule has 7 heteroatoms. The summed E-state index contributed by atoms with van der Waals surface area (Å²) in [6.07, 6.45) is -1.10. The molecule has 0 unspecified atom stereocenters. The van der Waals surface area contributed by atoms with Gasteiger partial charge in [0, 0.05) is 16.8 Å². The summed E-state index contributed by atoms with van der Waals surface area (Å²) in [7, 11) is 1.38. The Hall–Kier alpha value is -2.60. The minimum Gasteiger partial charge on any atom is -0.497 e. The predicted octanol–water partition coefficient (Wildman–Crippen LogP) is 3.67. The van der Waals surface area contributed by atoms with Crippen LogP contribution in [0.5, 0.6) is 5.75 Å². The lowest BCUT2D eigenvalue weighted by atomic mass is 10.2. The Balaban J connectivity index is 2.00. The van der Waals surface area contributed by atoms with Gasteiger partial charge in [0.15, 0.2) is 6.10 Å². The molecule has 5 nitrogen and oxygen atoms in total. The van der Waals surface area contributed by atoms with Crippen LogP contribution >= 0.6 is 11.6 Å². The maximum Gasteiger partial charge on any atom is 0.341 e. The Bertz CT molecular complexity index is 749. The summed E-state index contributed by atoms with van der Waals surface area (Å²) in [6.45, 7) is 1.39. The van der Waals surface area contributed by atoms with Gasteiger partial charge in [0.1, 0.15) is 11.6 Å². The minimum atomic E-state index is -1.10. The highest BCUT2D eigenvalue weighted by Crippen LogP contribution is 2.18. The molecule has 24 heavy (non-hydrogen) atoms. The molecule has 1 atom stereocenters. The number of esters is 1. The van der Waals surface area contributed by atoms with Crippen molar-refractivity contribution in [3.05, 3.63) is 58.9 Å². The first-order valence-corrected chi connectivity index (χ1v) is 7.39. The number of carbonyl (C=O) groups excluding carboxylic acids is 2. The highest BCUT2D eigenvalue weighted by atomic mass is 35.5. The molecule has 1 amide bonds. The van der Waals surface area contributed by atoms with Crippen LogP contribution in [0, 0.1) is 5.82 Å². The van der Waals surface area contributed by atoms with E-state index in [1.807, 2.05) is 0 Å². The number of carbonyl (C=O) groups is 2. The van der Waals surface area contributed by atoms with Crippen molar-refractivity contribution in [3.63, 3.8) is 0 Å². The Morgan fingerprint density at radius 1 is 1.17 bits per heavy atom. The molecule has 0 heterocycles. The van der Waals surface area contributed by atoms with E-state index in [9.17, 15) is 14.0 Å². The van der Waals surface area contributed by atoms with Gasteiger partial charge in [-0.2, -0.15) is 0 Å². The van der Waals surface area contributed by atoms with Crippen LogP contribution in [-0.2, 0) is 9.53 Å². The Kier molecular flexibility index (Phi) is 5.76. The monoisotopic (exact) mass is 351 g/mol. The van der Waals surface area contributed by atoms with Crippen molar-refractivity contribution in [1.29, 1.82) is 0 Å². The van der Waals surface area contributed by atoms with Crippen LogP contribution in [0.15, 0.2) is 42.5 Å². The molecule has 1 N–H and O–H groups in total. The maximum absolute atomic E-state index is 13.8. The molecule has 0 saturated carbocycles. The summed E-state index contributed by atoms with van der Waals surface area (Å²) in [4.78, 5) is 24.0. The van der Waals surface area contributed by atoms with Crippen molar-refractivity contribution >= 4 is 29.2 Å². The van der Waals surface area contributed by atoms with Gasteiger partial charge in [0.05, 0.1) is 12.7 Å². The number of amides is 1. The largest absolute Gasteiger partial charge is 0.497 e.